The minimum absolute atomic E-state index is 0.0960. The van der Waals surface area contributed by atoms with Crippen LogP contribution in [0.4, 0.5) is 5.69 Å². The maximum Gasteiger partial charge on any atom is 0.266 e. The summed E-state index contributed by atoms with van der Waals surface area (Å²) >= 11 is 12.4. The number of anilines is 1. The van der Waals surface area contributed by atoms with Crippen LogP contribution in [0.5, 0.6) is 11.5 Å². The Kier molecular flexibility index (Phi) is 8.85. The van der Waals surface area contributed by atoms with E-state index in [4.69, 9.17) is 32.7 Å². The van der Waals surface area contributed by atoms with Gasteiger partial charge in [0.1, 0.15) is 36.4 Å². The Labute approximate surface area is 248 Å². The summed E-state index contributed by atoms with van der Waals surface area (Å²) in [7, 11) is 0. The Morgan fingerprint density at radius 2 is 1.51 bits per heavy atom. The maximum atomic E-state index is 13.0. The predicted molar refractivity (Wildman–Crippen MR) is 164 cm³/mol. The average Bonchev–Trinajstić information content (AvgIpc) is 2.99. The lowest BCUT2D eigenvalue weighted by Gasteiger charge is -2.12. The molecule has 5 nitrogen and oxygen atoms in total. The van der Waals surface area contributed by atoms with Crippen LogP contribution >= 0.6 is 23.2 Å². The van der Waals surface area contributed by atoms with Gasteiger partial charge in [-0.25, -0.2) is 0 Å². The van der Waals surface area contributed by atoms with Crippen LogP contribution < -0.4 is 14.8 Å². The van der Waals surface area contributed by atoms with E-state index in [-0.39, 0.29) is 5.57 Å². The van der Waals surface area contributed by atoms with E-state index >= 15 is 0 Å². The topological polar surface area (TPSA) is 71.3 Å². The molecule has 202 valence electrons. The van der Waals surface area contributed by atoms with Gasteiger partial charge in [0.2, 0.25) is 0 Å². The molecule has 5 aromatic carbocycles. The number of nitriles is 1. The quantitative estimate of drug-likeness (QED) is 0.140. The number of fused-ring (bicyclic) bond motifs is 1. The molecule has 0 unspecified atom stereocenters. The van der Waals surface area contributed by atoms with Crippen LogP contribution in [-0.4, -0.2) is 5.91 Å². The van der Waals surface area contributed by atoms with Gasteiger partial charge in [-0.2, -0.15) is 5.26 Å². The van der Waals surface area contributed by atoms with Crippen molar-refractivity contribution in [2.24, 2.45) is 0 Å². The second-order valence-corrected chi connectivity index (χ2v) is 9.98. The monoisotopic (exact) mass is 578 g/mol. The number of nitrogens with one attached hydrogen (secondary N) is 1. The van der Waals surface area contributed by atoms with Gasteiger partial charge >= 0.3 is 0 Å². The lowest BCUT2D eigenvalue weighted by atomic mass is 10.1. The summed E-state index contributed by atoms with van der Waals surface area (Å²) in [6.45, 7) is 0.625. The molecular weight excluding hydrogens is 555 g/mol. The first-order valence-electron chi connectivity index (χ1n) is 12.8. The largest absolute Gasteiger partial charge is 0.489 e. The summed E-state index contributed by atoms with van der Waals surface area (Å²) < 4.78 is 11.9. The van der Waals surface area contributed by atoms with Gasteiger partial charge in [0.15, 0.2) is 0 Å². The number of ether oxygens (including phenoxy) is 2. The molecule has 1 amide bonds. The Morgan fingerprint density at radius 3 is 2.32 bits per heavy atom. The first kappa shape index (κ1) is 27.8. The van der Waals surface area contributed by atoms with E-state index in [1.807, 2.05) is 60.7 Å². The van der Waals surface area contributed by atoms with Crippen LogP contribution in [0.15, 0.2) is 115 Å². The molecule has 5 aromatic rings. The number of hydrogen-bond acceptors (Lipinski definition) is 4. The van der Waals surface area contributed by atoms with E-state index in [0.717, 1.165) is 21.9 Å². The summed E-state index contributed by atoms with van der Waals surface area (Å²) in [6.07, 6.45) is 1.47. The number of nitrogens with zero attached hydrogens (tertiary/aromatic N) is 1. The Hall–Kier alpha value is -4.76. The fraction of sp³-hybridized carbons (Fsp3) is 0.0588. The zero-order valence-corrected chi connectivity index (χ0v) is 23.3. The van der Waals surface area contributed by atoms with E-state index in [0.29, 0.717) is 46.0 Å². The smallest absolute Gasteiger partial charge is 0.266 e. The summed E-state index contributed by atoms with van der Waals surface area (Å²) in [4.78, 5) is 13.0. The van der Waals surface area contributed by atoms with Gasteiger partial charge in [-0.3, -0.25) is 4.79 Å². The van der Waals surface area contributed by atoms with Crippen LogP contribution in [-0.2, 0) is 18.0 Å². The minimum Gasteiger partial charge on any atom is -0.489 e. The standard InChI is InChI=1S/C34H24Cl2N2O3/c35-28-12-17-33(41-21-24-9-5-8-23-6-1-3-10-31(23)24)26(19-28)18-27(20-37)34(39)38-29-13-15-30(16-14-29)40-22-25-7-2-4-11-32(25)36/h1-19H,21-22H2,(H,38,39)/b27-18+. The number of carbonyl (C=O) groups is 1. The molecule has 0 aliphatic carbocycles. The molecule has 0 fully saturated rings. The van der Waals surface area contributed by atoms with Crippen LogP contribution in [0.1, 0.15) is 16.7 Å². The summed E-state index contributed by atoms with van der Waals surface area (Å²) in [6, 6.07) is 35.5. The van der Waals surface area contributed by atoms with E-state index in [1.54, 1.807) is 42.5 Å². The molecule has 41 heavy (non-hydrogen) atoms. The summed E-state index contributed by atoms with van der Waals surface area (Å²) in [5.41, 5.74) is 2.83. The molecule has 0 aliphatic heterocycles. The number of benzene rings is 5. The maximum absolute atomic E-state index is 13.0. The van der Waals surface area contributed by atoms with Gasteiger partial charge in [-0.05, 0) is 70.9 Å². The van der Waals surface area contributed by atoms with Gasteiger partial charge in [-0.15, -0.1) is 0 Å². The fourth-order valence-electron chi connectivity index (χ4n) is 4.25. The highest BCUT2D eigenvalue weighted by atomic mass is 35.5. The average molecular weight is 579 g/mol. The van der Waals surface area contributed by atoms with Crippen molar-refractivity contribution in [3.63, 3.8) is 0 Å². The molecule has 5 rings (SSSR count). The van der Waals surface area contributed by atoms with Crippen molar-refractivity contribution in [2.75, 3.05) is 5.32 Å². The Morgan fingerprint density at radius 1 is 0.805 bits per heavy atom. The number of hydrogen-bond donors (Lipinski definition) is 1. The van der Waals surface area contributed by atoms with Gasteiger partial charge < -0.3 is 14.8 Å². The zero-order valence-electron chi connectivity index (χ0n) is 21.8. The van der Waals surface area contributed by atoms with Crippen LogP contribution in [0.25, 0.3) is 16.8 Å². The SMILES string of the molecule is N#C/C(=C\c1cc(Cl)ccc1OCc1cccc2ccccc12)C(=O)Nc1ccc(OCc2ccccc2Cl)cc1. The molecule has 0 bridgehead atoms. The molecule has 0 heterocycles. The third kappa shape index (κ3) is 7.06. The van der Waals surface area contributed by atoms with E-state index in [2.05, 4.69) is 17.4 Å². The molecule has 0 radical (unpaired) electrons. The normalized spacial score (nSPS) is 11.1. The first-order chi connectivity index (χ1) is 20.0. The van der Waals surface area contributed by atoms with Crippen molar-refractivity contribution in [1.82, 2.24) is 0 Å². The highest BCUT2D eigenvalue weighted by molar-refractivity contribution is 6.31. The van der Waals surface area contributed by atoms with Crippen molar-refractivity contribution in [3.8, 4) is 17.6 Å². The summed E-state index contributed by atoms with van der Waals surface area (Å²) in [5, 5.41) is 15.8. The Balaban J connectivity index is 1.28. The molecule has 0 spiro atoms. The number of carbonyl (C=O) groups excluding carboxylic acids is 1. The molecule has 1 N–H and O–H groups in total. The highest BCUT2D eigenvalue weighted by Crippen LogP contribution is 2.28. The first-order valence-corrected chi connectivity index (χ1v) is 13.5. The van der Waals surface area contributed by atoms with Crippen molar-refractivity contribution < 1.29 is 14.3 Å². The van der Waals surface area contributed by atoms with Crippen molar-refractivity contribution in [2.45, 2.75) is 13.2 Å². The van der Waals surface area contributed by atoms with Gasteiger partial charge in [-0.1, -0.05) is 83.9 Å². The highest BCUT2D eigenvalue weighted by Gasteiger charge is 2.13. The van der Waals surface area contributed by atoms with E-state index in [1.165, 1.54) is 6.08 Å². The van der Waals surface area contributed by atoms with Gasteiger partial charge in [0.05, 0.1) is 0 Å². The molecular formula is C34H24Cl2N2O3. The zero-order chi connectivity index (χ0) is 28.6. The van der Waals surface area contributed by atoms with E-state index in [9.17, 15) is 10.1 Å². The number of rotatable bonds is 9. The van der Waals surface area contributed by atoms with Crippen molar-refractivity contribution in [3.05, 3.63) is 142 Å². The molecule has 0 saturated heterocycles. The van der Waals surface area contributed by atoms with Gasteiger partial charge in [0.25, 0.3) is 5.91 Å². The lowest BCUT2D eigenvalue weighted by molar-refractivity contribution is -0.112. The molecule has 7 heteroatoms. The molecule has 0 saturated carbocycles. The third-order valence-corrected chi connectivity index (χ3v) is 6.97. The molecule has 0 atom stereocenters. The number of halogens is 2. The molecule has 0 aliphatic rings. The van der Waals surface area contributed by atoms with Crippen LogP contribution in [0.3, 0.4) is 0 Å². The predicted octanol–water partition coefficient (Wildman–Crippen LogP) is 8.85. The second kappa shape index (κ2) is 13.1. The van der Waals surface area contributed by atoms with E-state index < -0.39 is 5.91 Å². The Bertz CT molecular complexity index is 1770. The van der Waals surface area contributed by atoms with Gasteiger partial charge in [0, 0.05) is 26.9 Å². The van der Waals surface area contributed by atoms with Crippen molar-refractivity contribution in [1.29, 1.82) is 5.26 Å². The summed E-state index contributed by atoms with van der Waals surface area (Å²) in [5.74, 6) is 0.561. The van der Waals surface area contributed by atoms with Crippen LogP contribution in [0.2, 0.25) is 10.0 Å². The third-order valence-electron chi connectivity index (χ3n) is 6.36. The van der Waals surface area contributed by atoms with Crippen LogP contribution in [0, 0.1) is 11.3 Å². The number of amides is 1. The second-order valence-electron chi connectivity index (χ2n) is 9.14. The van der Waals surface area contributed by atoms with Crippen molar-refractivity contribution >= 4 is 51.6 Å². The molecule has 0 aromatic heterocycles. The fourth-order valence-corrected chi connectivity index (χ4v) is 4.62. The lowest BCUT2D eigenvalue weighted by Crippen LogP contribution is -2.13. The minimum atomic E-state index is -0.558.